The van der Waals surface area contributed by atoms with E-state index in [0.717, 1.165) is 19.3 Å². The molecule has 1 fully saturated rings. The summed E-state index contributed by atoms with van der Waals surface area (Å²) in [7, 11) is 0. The van der Waals surface area contributed by atoms with Crippen LogP contribution in [0.15, 0.2) is 0 Å². The zero-order valence-electron chi connectivity index (χ0n) is 9.53. The molecule has 0 aromatic heterocycles. The third kappa shape index (κ3) is 3.80. The molecular formula is C11H21NO3. The van der Waals surface area contributed by atoms with Crippen LogP contribution in [0.25, 0.3) is 0 Å². The third-order valence-corrected chi connectivity index (χ3v) is 2.98. The van der Waals surface area contributed by atoms with Crippen LogP contribution in [-0.2, 0) is 9.53 Å². The molecule has 3 unspecified atom stereocenters. The van der Waals surface area contributed by atoms with E-state index in [9.17, 15) is 4.79 Å². The van der Waals surface area contributed by atoms with E-state index < -0.39 is 0 Å². The van der Waals surface area contributed by atoms with E-state index in [-0.39, 0.29) is 30.6 Å². The standard InChI is InChI=1S/C11H21NO3/c1-8(7-13)9(2)12-11(14)10-5-3-4-6-15-10/h8-10,13H,3-7H2,1-2H3,(H,12,14). The summed E-state index contributed by atoms with van der Waals surface area (Å²) in [5, 5.41) is 11.8. The number of aliphatic hydroxyl groups excluding tert-OH is 1. The Morgan fingerprint density at radius 2 is 2.27 bits per heavy atom. The van der Waals surface area contributed by atoms with Crippen LogP contribution in [0.1, 0.15) is 33.1 Å². The molecule has 0 radical (unpaired) electrons. The second kappa shape index (κ2) is 6.08. The van der Waals surface area contributed by atoms with Gasteiger partial charge in [-0.15, -0.1) is 0 Å². The maximum Gasteiger partial charge on any atom is 0.249 e. The molecule has 4 heteroatoms. The molecule has 1 rings (SSSR count). The first kappa shape index (κ1) is 12.5. The van der Waals surface area contributed by atoms with Crippen molar-refractivity contribution in [3.8, 4) is 0 Å². The van der Waals surface area contributed by atoms with Crippen molar-refractivity contribution in [2.24, 2.45) is 5.92 Å². The summed E-state index contributed by atoms with van der Waals surface area (Å²) in [6.07, 6.45) is 2.63. The molecule has 4 nitrogen and oxygen atoms in total. The van der Waals surface area contributed by atoms with Crippen LogP contribution in [0.2, 0.25) is 0 Å². The Morgan fingerprint density at radius 3 is 2.80 bits per heavy atom. The van der Waals surface area contributed by atoms with E-state index in [1.165, 1.54) is 0 Å². The van der Waals surface area contributed by atoms with Crippen LogP contribution < -0.4 is 5.32 Å². The van der Waals surface area contributed by atoms with Gasteiger partial charge >= 0.3 is 0 Å². The van der Waals surface area contributed by atoms with Crippen molar-refractivity contribution >= 4 is 5.91 Å². The molecule has 1 amide bonds. The van der Waals surface area contributed by atoms with Gasteiger partial charge in [0.2, 0.25) is 5.91 Å². The Hall–Kier alpha value is -0.610. The molecule has 0 saturated carbocycles. The normalized spacial score (nSPS) is 25.7. The summed E-state index contributed by atoms with van der Waals surface area (Å²) < 4.78 is 5.38. The van der Waals surface area contributed by atoms with Gasteiger partial charge in [0.15, 0.2) is 0 Å². The second-order valence-corrected chi connectivity index (χ2v) is 4.31. The smallest absolute Gasteiger partial charge is 0.249 e. The molecule has 3 atom stereocenters. The fourth-order valence-corrected chi connectivity index (χ4v) is 1.57. The Kier molecular flexibility index (Phi) is 5.05. The van der Waals surface area contributed by atoms with E-state index in [2.05, 4.69) is 5.32 Å². The van der Waals surface area contributed by atoms with Crippen LogP contribution in [-0.4, -0.2) is 36.4 Å². The first-order valence-electron chi connectivity index (χ1n) is 5.68. The molecule has 0 spiro atoms. The summed E-state index contributed by atoms with van der Waals surface area (Å²) in [5.41, 5.74) is 0. The van der Waals surface area contributed by atoms with Gasteiger partial charge in [-0.25, -0.2) is 0 Å². The number of hydrogen-bond donors (Lipinski definition) is 2. The molecule has 0 bridgehead atoms. The van der Waals surface area contributed by atoms with Gasteiger partial charge in [-0.2, -0.15) is 0 Å². The van der Waals surface area contributed by atoms with E-state index in [1.807, 2.05) is 13.8 Å². The highest BCUT2D eigenvalue weighted by molar-refractivity contribution is 5.81. The minimum Gasteiger partial charge on any atom is -0.396 e. The van der Waals surface area contributed by atoms with E-state index in [0.29, 0.717) is 6.61 Å². The molecule has 0 aromatic carbocycles. The fraction of sp³-hybridized carbons (Fsp3) is 0.909. The monoisotopic (exact) mass is 215 g/mol. The molecule has 1 saturated heterocycles. The number of nitrogens with one attached hydrogen (secondary N) is 1. The van der Waals surface area contributed by atoms with Crippen molar-refractivity contribution in [1.82, 2.24) is 5.32 Å². The number of carbonyl (C=O) groups is 1. The van der Waals surface area contributed by atoms with Crippen LogP contribution in [0.3, 0.4) is 0 Å². The molecule has 1 heterocycles. The fourth-order valence-electron chi connectivity index (χ4n) is 1.57. The third-order valence-electron chi connectivity index (χ3n) is 2.98. The highest BCUT2D eigenvalue weighted by Gasteiger charge is 2.24. The van der Waals surface area contributed by atoms with Crippen molar-refractivity contribution in [3.05, 3.63) is 0 Å². The largest absolute Gasteiger partial charge is 0.396 e. The SMILES string of the molecule is CC(CO)C(C)NC(=O)C1CCCCO1. The van der Waals surface area contributed by atoms with Crippen LogP contribution in [0, 0.1) is 5.92 Å². The quantitative estimate of drug-likeness (QED) is 0.725. The van der Waals surface area contributed by atoms with Gasteiger partial charge in [-0.3, -0.25) is 4.79 Å². The second-order valence-electron chi connectivity index (χ2n) is 4.31. The minimum atomic E-state index is -0.285. The number of carbonyl (C=O) groups excluding carboxylic acids is 1. The molecular weight excluding hydrogens is 194 g/mol. The molecule has 2 N–H and O–H groups in total. The summed E-state index contributed by atoms with van der Waals surface area (Å²) in [4.78, 5) is 11.7. The highest BCUT2D eigenvalue weighted by atomic mass is 16.5. The van der Waals surface area contributed by atoms with Gasteiger partial charge in [0.05, 0.1) is 0 Å². The Labute approximate surface area is 91.0 Å². The van der Waals surface area contributed by atoms with E-state index in [4.69, 9.17) is 9.84 Å². The molecule has 0 aliphatic carbocycles. The van der Waals surface area contributed by atoms with Crippen molar-refractivity contribution in [1.29, 1.82) is 0 Å². The van der Waals surface area contributed by atoms with Gasteiger partial charge in [0.1, 0.15) is 6.10 Å². The summed E-state index contributed by atoms with van der Waals surface area (Å²) in [6, 6.07) is -0.00646. The molecule has 0 aromatic rings. The maximum absolute atomic E-state index is 11.7. The molecule has 1 aliphatic heterocycles. The van der Waals surface area contributed by atoms with E-state index >= 15 is 0 Å². The van der Waals surface area contributed by atoms with Crippen LogP contribution in [0.4, 0.5) is 0 Å². The number of rotatable bonds is 4. The zero-order chi connectivity index (χ0) is 11.3. The van der Waals surface area contributed by atoms with Crippen molar-refractivity contribution in [2.75, 3.05) is 13.2 Å². The Bertz CT molecular complexity index is 202. The predicted octanol–water partition coefficient (Wildman–Crippen LogP) is 0.689. The number of hydrogen-bond acceptors (Lipinski definition) is 3. The van der Waals surface area contributed by atoms with Crippen molar-refractivity contribution in [3.63, 3.8) is 0 Å². The van der Waals surface area contributed by atoms with E-state index in [1.54, 1.807) is 0 Å². The molecule has 88 valence electrons. The topological polar surface area (TPSA) is 58.6 Å². The summed E-state index contributed by atoms with van der Waals surface area (Å²) >= 11 is 0. The molecule has 1 aliphatic rings. The zero-order valence-corrected chi connectivity index (χ0v) is 9.53. The maximum atomic E-state index is 11.7. The lowest BCUT2D eigenvalue weighted by Crippen LogP contribution is -2.45. The van der Waals surface area contributed by atoms with Crippen LogP contribution in [0.5, 0.6) is 0 Å². The minimum absolute atomic E-state index is 0.00646. The lowest BCUT2D eigenvalue weighted by atomic mass is 10.0. The Balaban J connectivity index is 2.33. The first-order chi connectivity index (χ1) is 7.15. The van der Waals surface area contributed by atoms with Gasteiger partial charge < -0.3 is 15.2 Å². The lowest BCUT2D eigenvalue weighted by Gasteiger charge is -2.25. The Morgan fingerprint density at radius 1 is 1.53 bits per heavy atom. The predicted molar refractivity (Wildman–Crippen MR) is 57.4 cm³/mol. The van der Waals surface area contributed by atoms with Crippen molar-refractivity contribution in [2.45, 2.75) is 45.3 Å². The highest BCUT2D eigenvalue weighted by Crippen LogP contribution is 2.13. The van der Waals surface area contributed by atoms with Gasteiger partial charge in [0.25, 0.3) is 0 Å². The van der Waals surface area contributed by atoms with Gasteiger partial charge in [-0.05, 0) is 32.1 Å². The summed E-state index contributed by atoms with van der Waals surface area (Å²) in [6.45, 7) is 4.59. The number of amides is 1. The average Bonchev–Trinajstić information content (AvgIpc) is 2.29. The number of aliphatic hydroxyl groups is 1. The lowest BCUT2D eigenvalue weighted by molar-refractivity contribution is -0.136. The van der Waals surface area contributed by atoms with Gasteiger partial charge in [0, 0.05) is 19.3 Å². The summed E-state index contributed by atoms with van der Waals surface area (Å²) in [5.74, 6) is 0.0417. The van der Waals surface area contributed by atoms with Crippen LogP contribution >= 0.6 is 0 Å². The van der Waals surface area contributed by atoms with Crippen molar-refractivity contribution < 1.29 is 14.6 Å². The number of ether oxygens (including phenoxy) is 1. The average molecular weight is 215 g/mol. The van der Waals surface area contributed by atoms with Gasteiger partial charge in [-0.1, -0.05) is 6.92 Å². The molecule has 15 heavy (non-hydrogen) atoms. The first-order valence-corrected chi connectivity index (χ1v) is 5.68.